The first-order chi connectivity index (χ1) is 9.47. The summed E-state index contributed by atoms with van der Waals surface area (Å²) < 4.78 is 0. The molecule has 0 spiro atoms. The topological polar surface area (TPSA) is 37.3 Å². The predicted octanol–water partition coefficient (Wildman–Crippen LogP) is 4.50. The van der Waals surface area contributed by atoms with Crippen LogP contribution >= 0.6 is 11.8 Å². The number of carbonyl (C=O) groups is 1. The maximum absolute atomic E-state index is 11.4. The minimum absolute atomic E-state index is 0.0161. The fourth-order valence-electron chi connectivity index (χ4n) is 1.88. The van der Waals surface area contributed by atoms with Gasteiger partial charge in [-0.1, -0.05) is 6.07 Å². The molecule has 104 valence electrons. The number of carbonyl (C=O) groups excluding carboxylic acids is 1. The number of benzene rings is 2. The summed E-state index contributed by atoms with van der Waals surface area (Å²) in [6.45, 7) is 5.71. The second kappa shape index (κ2) is 6.14. The Bertz CT molecular complexity index is 647. The maximum atomic E-state index is 11.4. The standard InChI is InChI=1S/C17H18O2S/c1-11-4-6-16(8-12(11)2)20-10-15-9-14(13(3)18)5-7-17(15)19/h4-9,19H,10H2,1-3H3. The van der Waals surface area contributed by atoms with Gasteiger partial charge >= 0.3 is 0 Å². The fraction of sp³-hybridized carbons (Fsp3) is 0.235. The first-order valence-electron chi connectivity index (χ1n) is 6.50. The van der Waals surface area contributed by atoms with Crippen molar-refractivity contribution in [3.05, 3.63) is 58.7 Å². The van der Waals surface area contributed by atoms with E-state index in [9.17, 15) is 9.90 Å². The smallest absolute Gasteiger partial charge is 0.159 e. The van der Waals surface area contributed by atoms with Crippen LogP contribution in [0.4, 0.5) is 0 Å². The van der Waals surface area contributed by atoms with E-state index in [0.29, 0.717) is 11.3 Å². The maximum Gasteiger partial charge on any atom is 0.159 e. The van der Waals surface area contributed by atoms with Gasteiger partial charge in [-0.3, -0.25) is 4.79 Å². The van der Waals surface area contributed by atoms with Gasteiger partial charge in [-0.25, -0.2) is 0 Å². The zero-order chi connectivity index (χ0) is 14.7. The van der Waals surface area contributed by atoms with Gasteiger partial charge in [-0.15, -0.1) is 11.8 Å². The Hall–Kier alpha value is -1.74. The molecule has 0 aliphatic heterocycles. The van der Waals surface area contributed by atoms with Gasteiger partial charge in [0.15, 0.2) is 5.78 Å². The van der Waals surface area contributed by atoms with Crippen molar-refractivity contribution in [1.82, 2.24) is 0 Å². The number of ketones is 1. The molecule has 0 radical (unpaired) electrons. The summed E-state index contributed by atoms with van der Waals surface area (Å²) in [5, 5.41) is 9.87. The normalized spacial score (nSPS) is 10.6. The van der Waals surface area contributed by atoms with Crippen molar-refractivity contribution < 1.29 is 9.90 Å². The van der Waals surface area contributed by atoms with E-state index in [2.05, 4.69) is 32.0 Å². The van der Waals surface area contributed by atoms with Gasteiger partial charge in [-0.05, 0) is 62.2 Å². The van der Waals surface area contributed by atoms with Crippen LogP contribution < -0.4 is 0 Å². The van der Waals surface area contributed by atoms with Gasteiger partial charge in [0.25, 0.3) is 0 Å². The van der Waals surface area contributed by atoms with Gasteiger partial charge in [0.1, 0.15) is 5.75 Å². The average molecular weight is 286 g/mol. The summed E-state index contributed by atoms with van der Waals surface area (Å²) in [4.78, 5) is 12.5. The number of Topliss-reactive ketones (excluding diaryl/α,β-unsaturated/α-hetero) is 1. The lowest BCUT2D eigenvalue weighted by atomic mass is 10.1. The minimum atomic E-state index is 0.0161. The van der Waals surface area contributed by atoms with E-state index in [1.807, 2.05) is 0 Å². The highest BCUT2D eigenvalue weighted by atomic mass is 32.2. The monoisotopic (exact) mass is 286 g/mol. The van der Waals surface area contributed by atoms with Gasteiger partial charge < -0.3 is 5.11 Å². The van der Waals surface area contributed by atoms with Crippen molar-refractivity contribution in [3.63, 3.8) is 0 Å². The third-order valence-electron chi connectivity index (χ3n) is 3.36. The average Bonchev–Trinajstić information content (AvgIpc) is 2.41. The highest BCUT2D eigenvalue weighted by Gasteiger charge is 2.07. The molecule has 0 saturated heterocycles. The van der Waals surface area contributed by atoms with Crippen LogP contribution in [0.15, 0.2) is 41.3 Å². The molecule has 0 aromatic heterocycles. The van der Waals surface area contributed by atoms with Gasteiger partial charge in [0.05, 0.1) is 0 Å². The van der Waals surface area contributed by atoms with E-state index < -0.39 is 0 Å². The van der Waals surface area contributed by atoms with Crippen LogP contribution in [0.3, 0.4) is 0 Å². The van der Waals surface area contributed by atoms with Crippen molar-refractivity contribution in [2.45, 2.75) is 31.4 Å². The largest absolute Gasteiger partial charge is 0.508 e. The fourth-order valence-corrected chi connectivity index (χ4v) is 2.86. The number of phenolic OH excluding ortho intramolecular Hbond substituents is 1. The van der Waals surface area contributed by atoms with Gasteiger partial charge in [-0.2, -0.15) is 0 Å². The van der Waals surface area contributed by atoms with Gasteiger partial charge in [0, 0.05) is 21.8 Å². The highest BCUT2D eigenvalue weighted by Crippen LogP contribution is 2.29. The van der Waals surface area contributed by atoms with E-state index in [-0.39, 0.29) is 11.5 Å². The third-order valence-corrected chi connectivity index (χ3v) is 4.40. The Morgan fingerprint density at radius 2 is 1.85 bits per heavy atom. The molecular formula is C17H18O2S. The molecule has 0 aliphatic carbocycles. The van der Waals surface area contributed by atoms with E-state index in [1.54, 1.807) is 30.0 Å². The molecular weight excluding hydrogens is 268 g/mol. The summed E-state index contributed by atoms with van der Waals surface area (Å²) in [7, 11) is 0. The van der Waals surface area contributed by atoms with Crippen molar-refractivity contribution in [2.24, 2.45) is 0 Å². The number of aryl methyl sites for hydroxylation is 2. The van der Waals surface area contributed by atoms with E-state index in [4.69, 9.17) is 0 Å². The second-order valence-electron chi connectivity index (χ2n) is 4.93. The summed E-state index contributed by atoms with van der Waals surface area (Å²) in [5.41, 5.74) is 3.96. The minimum Gasteiger partial charge on any atom is -0.508 e. The molecule has 2 nitrogen and oxygen atoms in total. The zero-order valence-electron chi connectivity index (χ0n) is 11.9. The summed E-state index contributed by atoms with van der Waals surface area (Å²) >= 11 is 1.66. The lowest BCUT2D eigenvalue weighted by Crippen LogP contribution is -1.93. The molecule has 0 atom stereocenters. The molecule has 0 amide bonds. The molecule has 0 heterocycles. The first-order valence-corrected chi connectivity index (χ1v) is 7.49. The van der Waals surface area contributed by atoms with Crippen LogP contribution in [-0.4, -0.2) is 10.9 Å². The number of thioether (sulfide) groups is 1. The van der Waals surface area contributed by atoms with Crippen LogP contribution in [0.2, 0.25) is 0 Å². The molecule has 1 N–H and O–H groups in total. The van der Waals surface area contributed by atoms with Crippen molar-refractivity contribution >= 4 is 17.5 Å². The van der Waals surface area contributed by atoms with E-state index >= 15 is 0 Å². The third kappa shape index (κ3) is 3.42. The van der Waals surface area contributed by atoms with Gasteiger partial charge in [0.2, 0.25) is 0 Å². The Labute approximate surface area is 123 Å². The molecule has 20 heavy (non-hydrogen) atoms. The summed E-state index contributed by atoms with van der Waals surface area (Å²) in [6.07, 6.45) is 0. The Morgan fingerprint density at radius 1 is 1.10 bits per heavy atom. The lowest BCUT2D eigenvalue weighted by molar-refractivity contribution is 0.101. The summed E-state index contributed by atoms with van der Waals surface area (Å²) in [5.74, 6) is 0.906. The molecule has 2 aromatic rings. The predicted molar refractivity (Wildman–Crippen MR) is 83.6 cm³/mol. The Balaban J connectivity index is 2.15. The first kappa shape index (κ1) is 14.7. The number of hydrogen-bond acceptors (Lipinski definition) is 3. The molecule has 2 aromatic carbocycles. The highest BCUT2D eigenvalue weighted by molar-refractivity contribution is 7.98. The van der Waals surface area contributed by atoms with Crippen molar-refractivity contribution in [1.29, 1.82) is 0 Å². The second-order valence-corrected chi connectivity index (χ2v) is 5.98. The number of aromatic hydroxyl groups is 1. The Morgan fingerprint density at radius 3 is 2.50 bits per heavy atom. The van der Waals surface area contributed by atoms with Crippen LogP contribution in [0, 0.1) is 13.8 Å². The van der Waals surface area contributed by atoms with E-state index in [0.717, 1.165) is 5.56 Å². The molecule has 0 fully saturated rings. The molecule has 0 aliphatic rings. The Kier molecular flexibility index (Phi) is 4.50. The van der Waals surface area contributed by atoms with E-state index in [1.165, 1.54) is 22.9 Å². The number of rotatable bonds is 4. The SMILES string of the molecule is CC(=O)c1ccc(O)c(CSc2ccc(C)c(C)c2)c1. The molecule has 2 rings (SSSR count). The van der Waals surface area contributed by atoms with Crippen LogP contribution in [0.5, 0.6) is 5.75 Å². The van der Waals surface area contributed by atoms with Crippen LogP contribution in [0.1, 0.15) is 34.0 Å². The molecule has 0 unspecified atom stereocenters. The van der Waals surface area contributed by atoms with Crippen LogP contribution in [-0.2, 0) is 5.75 Å². The number of hydrogen-bond donors (Lipinski definition) is 1. The number of phenols is 1. The summed E-state index contributed by atoms with van der Waals surface area (Å²) in [6, 6.07) is 11.3. The quantitative estimate of drug-likeness (QED) is 0.664. The zero-order valence-corrected chi connectivity index (χ0v) is 12.8. The van der Waals surface area contributed by atoms with Crippen molar-refractivity contribution in [3.8, 4) is 5.75 Å². The molecule has 0 saturated carbocycles. The van der Waals surface area contributed by atoms with Crippen LogP contribution in [0.25, 0.3) is 0 Å². The molecule has 0 bridgehead atoms. The van der Waals surface area contributed by atoms with Crippen molar-refractivity contribution in [2.75, 3.05) is 0 Å². The molecule has 3 heteroatoms. The lowest BCUT2D eigenvalue weighted by Gasteiger charge is -2.08.